The number of furan rings is 1. The molecule has 0 aliphatic rings. The third-order valence-corrected chi connectivity index (χ3v) is 2.86. The molecular weight excluding hydrogens is 274 g/mol. The summed E-state index contributed by atoms with van der Waals surface area (Å²) in [4.78, 5) is 22.0. The lowest BCUT2D eigenvalue weighted by molar-refractivity contribution is -0.402. The normalized spacial score (nSPS) is 10.5. The molecule has 0 unspecified atom stereocenters. The number of hydrogen-bond donors (Lipinski definition) is 0. The first-order valence-corrected chi connectivity index (χ1v) is 6.04. The van der Waals surface area contributed by atoms with Crippen molar-refractivity contribution in [3.05, 3.63) is 76.3 Å². The van der Waals surface area contributed by atoms with Crippen molar-refractivity contribution in [2.24, 2.45) is 0 Å². The topological polar surface area (TPSA) is 91.2 Å². The fourth-order valence-corrected chi connectivity index (χ4v) is 1.85. The summed E-state index contributed by atoms with van der Waals surface area (Å²) in [6.07, 6.45) is 2.94. The zero-order chi connectivity index (χ0) is 14.8. The Kier molecular flexibility index (Phi) is 3.07. The van der Waals surface area contributed by atoms with Gasteiger partial charge in [0.25, 0.3) is 0 Å². The average Bonchev–Trinajstić information content (AvgIpc) is 3.17. The van der Waals surface area contributed by atoms with E-state index in [9.17, 15) is 14.9 Å². The van der Waals surface area contributed by atoms with E-state index < -0.39 is 16.6 Å². The molecule has 1 aromatic carbocycles. The third-order valence-electron chi connectivity index (χ3n) is 2.86. The van der Waals surface area contributed by atoms with E-state index >= 15 is 0 Å². The minimum absolute atomic E-state index is 0.0886. The van der Waals surface area contributed by atoms with Crippen LogP contribution in [0.5, 0.6) is 0 Å². The Balaban J connectivity index is 1.89. The second-order valence-corrected chi connectivity index (χ2v) is 4.23. The van der Waals surface area contributed by atoms with E-state index in [1.54, 1.807) is 10.9 Å². The summed E-state index contributed by atoms with van der Waals surface area (Å²) in [6, 6.07) is 11.7. The van der Waals surface area contributed by atoms with Gasteiger partial charge >= 0.3 is 5.88 Å². The summed E-state index contributed by atoms with van der Waals surface area (Å²) in [5.74, 6) is -1.01. The quantitative estimate of drug-likeness (QED) is 0.417. The van der Waals surface area contributed by atoms with Crippen molar-refractivity contribution in [1.29, 1.82) is 0 Å². The Labute approximate surface area is 118 Å². The lowest BCUT2D eigenvalue weighted by Gasteiger charge is -1.98. The molecule has 7 nitrogen and oxygen atoms in total. The number of hydrogen-bond acceptors (Lipinski definition) is 5. The van der Waals surface area contributed by atoms with Gasteiger partial charge in [0, 0.05) is 6.20 Å². The van der Waals surface area contributed by atoms with Gasteiger partial charge in [0.05, 0.1) is 23.5 Å². The fraction of sp³-hybridized carbons (Fsp3) is 0. The maximum Gasteiger partial charge on any atom is 0.433 e. The minimum Gasteiger partial charge on any atom is -0.397 e. The first kappa shape index (κ1) is 12.8. The van der Waals surface area contributed by atoms with Crippen molar-refractivity contribution < 1.29 is 14.1 Å². The molecular formula is C14H9N3O4. The van der Waals surface area contributed by atoms with Crippen molar-refractivity contribution in [2.45, 2.75) is 0 Å². The first-order chi connectivity index (χ1) is 10.1. The van der Waals surface area contributed by atoms with E-state index in [1.807, 2.05) is 30.3 Å². The molecule has 0 N–H and O–H groups in total. The second-order valence-electron chi connectivity index (χ2n) is 4.23. The van der Waals surface area contributed by atoms with Gasteiger partial charge in [-0.3, -0.25) is 14.9 Å². The van der Waals surface area contributed by atoms with Crippen LogP contribution in [0.25, 0.3) is 5.69 Å². The molecule has 7 heteroatoms. The maximum atomic E-state index is 12.2. The van der Waals surface area contributed by atoms with Crippen molar-refractivity contribution >= 4 is 11.7 Å². The first-order valence-electron chi connectivity index (χ1n) is 6.04. The zero-order valence-corrected chi connectivity index (χ0v) is 10.7. The number of benzene rings is 1. The molecule has 0 amide bonds. The SMILES string of the molecule is O=C(c1cnn(-c2ccccc2)c1)c1ccc([N+](=O)[O-])o1. The van der Waals surface area contributed by atoms with Crippen LogP contribution < -0.4 is 0 Å². The Morgan fingerprint density at radius 2 is 1.95 bits per heavy atom. The van der Waals surface area contributed by atoms with Crippen LogP contribution >= 0.6 is 0 Å². The highest BCUT2D eigenvalue weighted by Crippen LogP contribution is 2.19. The summed E-state index contributed by atoms with van der Waals surface area (Å²) < 4.78 is 6.44. The number of nitro groups is 1. The molecule has 3 rings (SSSR count). The summed E-state index contributed by atoms with van der Waals surface area (Å²) >= 11 is 0. The van der Waals surface area contributed by atoms with Crippen LogP contribution in [0, 0.1) is 10.1 Å². The van der Waals surface area contributed by atoms with E-state index in [0.717, 1.165) is 11.8 Å². The number of carbonyl (C=O) groups is 1. The van der Waals surface area contributed by atoms with Crippen LogP contribution in [-0.2, 0) is 0 Å². The Morgan fingerprint density at radius 3 is 2.62 bits per heavy atom. The molecule has 0 aliphatic heterocycles. The van der Waals surface area contributed by atoms with Gasteiger partial charge in [0.1, 0.15) is 4.92 Å². The molecule has 2 aromatic heterocycles. The van der Waals surface area contributed by atoms with Gasteiger partial charge in [-0.1, -0.05) is 18.2 Å². The molecule has 0 saturated carbocycles. The highest BCUT2D eigenvalue weighted by atomic mass is 16.6. The molecule has 0 saturated heterocycles. The smallest absolute Gasteiger partial charge is 0.397 e. The fourth-order valence-electron chi connectivity index (χ4n) is 1.85. The lowest BCUT2D eigenvalue weighted by Crippen LogP contribution is -1.98. The predicted molar refractivity (Wildman–Crippen MR) is 72.4 cm³/mol. The van der Waals surface area contributed by atoms with E-state index in [-0.39, 0.29) is 5.76 Å². The monoisotopic (exact) mass is 283 g/mol. The van der Waals surface area contributed by atoms with Crippen LogP contribution in [0.3, 0.4) is 0 Å². The average molecular weight is 283 g/mol. The number of rotatable bonds is 4. The standard InChI is InChI=1S/C14H9N3O4/c18-14(12-6-7-13(21-12)17(19)20)10-8-15-16(9-10)11-4-2-1-3-5-11/h1-9H. The molecule has 0 bridgehead atoms. The minimum atomic E-state index is -0.690. The summed E-state index contributed by atoms with van der Waals surface area (Å²) in [7, 11) is 0. The number of nitrogens with zero attached hydrogens (tertiary/aromatic N) is 3. The van der Waals surface area contributed by atoms with E-state index in [4.69, 9.17) is 4.42 Å². The lowest BCUT2D eigenvalue weighted by atomic mass is 10.2. The van der Waals surface area contributed by atoms with Gasteiger partial charge in [0.15, 0.2) is 5.76 Å². The molecule has 0 fully saturated rings. The summed E-state index contributed by atoms with van der Waals surface area (Å²) in [6.45, 7) is 0. The highest BCUT2D eigenvalue weighted by molar-refractivity contribution is 6.07. The van der Waals surface area contributed by atoms with Crippen molar-refractivity contribution in [3.8, 4) is 5.69 Å². The molecule has 0 aliphatic carbocycles. The maximum absolute atomic E-state index is 12.2. The molecule has 0 radical (unpaired) electrons. The van der Waals surface area contributed by atoms with Crippen LogP contribution in [-0.4, -0.2) is 20.5 Å². The van der Waals surface area contributed by atoms with Crippen molar-refractivity contribution in [3.63, 3.8) is 0 Å². The summed E-state index contributed by atoms with van der Waals surface area (Å²) in [5.41, 5.74) is 1.10. The van der Waals surface area contributed by atoms with Crippen molar-refractivity contribution in [2.75, 3.05) is 0 Å². The molecule has 2 heterocycles. The second kappa shape index (κ2) is 5.04. The number of ketones is 1. The van der Waals surface area contributed by atoms with Crippen LogP contribution in [0.1, 0.15) is 16.1 Å². The third kappa shape index (κ3) is 2.44. The zero-order valence-electron chi connectivity index (χ0n) is 10.7. The molecule has 3 aromatic rings. The molecule has 104 valence electrons. The predicted octanol–water partition coefficient (Wildman–Crippen LogP) is 2.60. The van der Waals surface area contributed by atoms with Crippen LogP contribution in [0.4, 0.5) is 5.88 Å². The number of para-hydroxylation sites is 1. The van der Waals surface area contributed by atoms with E-state index in [0.29, 0.717) is 5.56 Å². The number of aromatic nitrogens is 2. The van der Waals surface area contributed by atoms with E-state index in [1.165, 1.54) is 12.3 Å². The molecule has 21 heavy (non-hydrogen) atoms. The Bertz CT molecular complexity index is 805. The van der Waals surface area contributed by atoms with Gasteiger partial charge < -0.3 is 4.42 Å². The van der Waals surface area contributed by atoms with Gasteiger partial charge in [0.2, 0.25) is 5.78 Å². The van der Waals surface area contributed by atoms with Crippen molar-refractivity contribution in [1.82, 2.24) is 9.78 Å². The Morgan fingerprint density at radius 1 is 1.19 bits per heavy atom. The van der Waals surface area contributed by atoms with Gasteiger partial charge in [-0.15, -0.1) is 0 Å². The number of carbonyl (C=O) groups excluding carboxylic acids is 1. The Hall–Kier alpha value is -3.22. The van der Waals surface area contributed by atoms with Gasteiger partial charge in [-0.05, 0) is 18.2 Å². The molecule has 0 atom stereocenters. The summed E-state index contributed by atoms with van der Waals surface area (Å²) in [5, 5.41) is 14.6. The van der Waals surface area contributed by atoms with Crippen LogP contribution in [0.2, 0.25) is 0 Å². The van der Waals surface area contributed by atoms with Crippen LogP contribution in [0.15, 0.2) is 59.3 Å². The largest absolute Gasteiger partial charge is 0.433 e. The molecule has 0 spiro atoms. The van der Waals surface area contributed by atoms with Gasteiger partial charge in [-0.25, -0.2) is 4.68 Å². The van der Waals surface area contributed by atoms with E-state index in [2.05, 4.69) is 5.10 Å². The van der Waals surface area contributed by atoms with Gasteiger partial charge in [-0.2, -0.15) is 5.10 Å². The highest BCUT2D eigenvalue weighted by Gasteiger charge is 2.20.